The van der Waals surface area contributed by atoms with E-state index in [0.717, 1.165) is 34.4 Å². The number of halogens is 1. The molecule has 150 valence electrons. The third-order valence-electron chi connectivity index (χ3n) is 4.31. The van der Waals surface area contributed by atoms with E-state index < -0.39 is 0 Å². The lowest BCUT2D eigenvalue weighted by molar-refractivity contribution is -0.123. The van der Waals surface area contributed by atoms with Crippen LogP contribution in [0.3, 0.4) is 0 Å². The van der Waals surface area contributed by atoms with Gasteiger partial charge in [-0.15, -0.1) is 0 Å². The van der Waals surface area contributed by atoms with Gasteiger partial charge in [0.05, 0.1) is 6.21 Å². The van der Waals surface area contributed by atoms with E-state index in [1.54, 1.807) is 12.1 Å². The highest BCUT2D eigenvalue weighted by atomic mass is 79.9. The van der Waals surface area contributed by atoms with Crippen LogP contribution in [0.4, 0.5) is 5.69 Å². The molecule has 28 heavy (non-hydrogen) atoms. The Bertz CT molecular complexity index is 841. The van der Waals surface area contributed by atoms with Gasteiger partial charge in [-0.05, 0) is 63.1 Å². The highest BCUT2D eigenvalue weighted by Crippen LogP contribution is 2.27. The highest BCUT2D eigenvalue weighted by molar-refractivity contribution is 9.10. The molecule has 0 saturated heterocycles. The maximum Gasteiger partial charge on any atom is 0.277 e. The average Bonchev–Trinajstić information content (AvgIpc) is 2.63. The Morgan fingerprint density at radius 1 is 1.21 bits per heavy atom. The Morgan fingerprint density at radius 2 is 1.86 bits per heavy atom. The number of hydrogen-bond donors (Lipinski definition) is 2. The van der Waals surface area contributed by atoms with Gasteiger partial charge < -0.3 is 14.7 Å². The summed E-state index contributed by atoms with van der Waals surface area (Å²) in [6.45, 7) is 9.54. The van der Waals surface area contributed by atoms with E-state index in [0.29, 0.717) is 11.3 Å². The zero-order valence-electron chi connectivity index (χ0n) is 16.6. The molecule has 2 aromatic carbocycles. The number of anilines is 1. The summed E-state index contributed by atoms with van der Waals surface area (Å²) in [5.74, 6) is 0.420. The van der Waals surface area contributed by atoms with Crippen LogP contribution < -0.4 is 15.1 Å². The van der Waals surface area contributed by atoms with Crippen molar-refractivity contribution in [3.05, 3.63) is 51.5 Å². The van der Waals surface area contributed by atoms with E-state index in [4.69, 9.17) is 4.74 Å². The van der Waals surface area contributed by atoms with Crippen molar-refractivity contribution in [3.63, 3.8) is 0 Å². The number of ether oxygens (including phenoxy) is 1. The van der Waals surface area contributed by atoms with Crippen molar-refractivity contribution >= 4 is 33.7 Å². The molecule has 2 aromatic rings. The first-order valence-electron chi connectivity index (χ1n) is 9.15. The number of hydrazone groups is 1. The highest BCUT2D eigenvalue weighted by Gasteiger charge is 2.09. The molecule has 7 heteroatoms. The van der Waals surface area contributed by atoms with Crippen LogP contribution in [0.1, 0.15) is 30.5 Å². The summed E-state index contributed by atoms with van der Waals surface area (Å²) in [5.41, 5.74) is 5.77. The van der Waals surface area contributed by atoms with Crippen LogP contribution in [0.15, 0.2) is 39.9 Å². The van der Waals surface area contributed by atoms with Crippen LogP contribution in [-0.2, 0) is 4.79 Å². The Morgan fingerprint density at radius 3 is 2.43 bits per heavy atom. The summed E-state index contributed by atoms with van der Waals surface area (Å²) in [4.78, 5) is 14.1. The predicted molar refractivity (Wildman–Crippen MR) is 117 cm³/mol. The molecule has 0 saturated carbocycles. The number of rotatable bonds is 8. The quantitative estimate of drug-likeness (QED) is 0.470. The maximum absolute atomic E-state index is 12.0. The Balaban J connectivity index is 1.93. The third kappa shape index (κ3) is 5.73. The first-order chi connectivity index (χ1) is 13.3. The van der Waals surface area contributed by atoms with Crippen LogP contribution in [0.5, 0.6) is 11.5 Å². The molecule has 0 heterocycles. The number of hydrogen-bond acceptors (Lipinski definition) is 5. The normalized spacial score (nSPS) is 10.9. The molecule has 0 bridgehead atoms. The predicted octanol–water partition coefficient (Wildman–Crippen LogP) is 4.15. The Labute approximate surface area is 174 Å². The minimum atomic E-state index is -0.378. The van der Waals surface area contributed by atoms with E-state index in [-0.39, 0.29) is 18.3 Å². The van der Waals surface area contributed by atoms with Crippen molar-refractivity contribution in [2.24, 2.45) is 5.10 Å². The molecule has 0 aliphatic carbocycles. The summed E-state index contributed by atoms with van der Waals surface area (Å²) in [7, 11) is 0. The van der Waals surface area contributed by atoms with E-state index in [1.807, 2.05) is 32.0 Å². The minimum Gasteiger partial charge on any atom is -0.507 e. The number of aryl methyl sites for hydroxylation is 2. The second kappa shape index (κ2) is 10.1. The van der Waals surface area contributed by atoms with Gasteiger partial charge in [-0.1, -0.05) is 15.9 Å². The maximum atomic E-state index is 12.0. The van der Waals surface area contributed by atoms with E-state index in [9.17, 15) is 9.90 Å². The van der Waals surface area contributed by atoms with Gasteiger partial charge in [-0.3, -0.25) is 4.79 Å². The number of carbonyl (C=O) groups excluding carboxylic acids is 1. The zero-order valence-corrected chi connectivity index (χ0v) is 18.2. The van der Waals surface area contributed by atoms with Gasteiger partial charge in [0.25, 0.3) is 5.91 Å². The fraction of sp³-hybridized carbons (Fsp3) is 0.333. The van der Waals surface area contributed by atoms with Gasteiger partial charge >= 0.3 is 0 Å². The van der Waals surface area contributed by atoms with Crippen LogP contribution in [-0.4, -0.2) is 36.9 Å². The zero-order chi connectivity index (χ0) is 20.7. The molecular weight excluding hydrogens is 422 g/mol. The lowest BCUT2D eigenvalue weighted by Crippen LogP contribution is -2.25. The van der Waals surface area contributed by atoms with E-state index in [1.165, 1.54) is 6.21 Å². The largest absolute Gasteiger partial charge is 0.507 e. The number of phenolic OH excluding ortho intramolecular Hbond substituents is 1. The topological polar surface area (TPSA) is 74.2 Å². The first kappa shape index (κ1) is 21.8. The second-order valence-electron chi connectivity index (χ2n) is 6.37. The minimum absolute atomic E-state index is 0.111. The summed E-state index contributed by atoms with van der Waals surface area (Å²) in [5, 5.41) is 14.1. The standard InChI is InChI=1S/C21H26BrN3O3/c1-5-25(6-2)18-8-7-16(19(26)11-18)12-23-24-20(27)13-28-21-14(3)9-17(22)10-15(21)4/h7-12,26H,5-6,13H2,1-4H3,(H,24,27)/b23-12+. The molecule has 1 amide bonds. The van der Waals surface area contributed by atoms with Crippen LogP contribution in [0.2, 0.25) is 0 Å². The number of phenols is 1. The second-order valence-corrected chi connectivity index (χ2v) is 7.28. The number of amides is 1. The molecule has 0 atom stereocenters. The van der Waals surface area contributed by atoms with Gasteiger partial charge in [0.15, 0.2) is 6.61 Å². The molecule has 0 aliphatic rings. The monoisotopic (exact) mass is 447 g/mol. The number of nitrogens with zero attached hydrogens (tertiary/aromatic N) is 2. The van der Waals surface area contributed by atoms with Crippen molar-refractivity contribution in [2.75, 3.05) is 24.6 Å². The lowest BCUT2D eigenvalue weighted by atomic mass is 10.1. The molecule has 0 unspecified atom stereocenters. The number of benzene rings is 2. The van der Waals surface area contributed by atoms with Crippen LogP contribution >= 0.6 is 15.9 Å². The van der Waals surface area contributed by atoms with Crippen molar-refractivity contribution in [2.45, 2.75) is 27.7 Å². The third-order valence-corrected chi connectivity index (χ3v) is 4.77. The molecule has 0 spiro atoms. The van der Waals surface area contributed by atoms with Gasteiger partial charge in [0.1, 0.15) is 11.5 Å². The molecular formula is C21H26BrN3O3. The number of nitrogens with one attached hydrogen (secondary N) is 1. The van der Waals surface area contributed by atoms with Crippen molar-refractivity contribution < 1.29 is 14.6 Å². The molecule has 6 nitrogen and oxygen atoms in total. The van der Waals surface area contributed by atoms with Crippen molar-refractivity contribution in [1.82, 2.24) is 5.43 Å². The van der Waals surface area contributed by atoms with Crippen LogP contribution in [0, 0.1) is 13.8 Å². The molecule has 0 fully saturated rings. The number of aromatic hydroxyl groups is 1. The summed E-state index contributed by atoms with van der Waals surface area (Å²) < 4.78 is 6.58. The average molecular weight is 448 g/mol. The molecule has 0 radical (unpaired) electrons. The Kier molecular flexibility index (Phi) is 7.87. The smallest absolute Gasteiger partial charge is 0.277 e. The van der Waals surface area contributed by atoms with E-state index in [2.05, 4.69) is 45.2 Å². The van der Waals surface area contributed by atoms with Gasteiger partial charge in [-0.2, -0.15) is 5.10 Å². The molecule has 0 aliphatic heterocycles. The first-order valence-corrected chi connectivity index (χ1v) is 9.94. The van der Waals surface area contributed by atoms with Crippen molar-refractivity contribution in [3.8, 4) is 11.5 Å². The lowest BCUT2D eigenvalue weighted by Gasteiger charge is -2.21. The summed E-state index contributed by atoms with van der Waals surface area (Å²) in [6.07, 6.45) is 1.41. The molecule has 2 N–H and O–H groups in total. The molecule has 2 rings (SSSR count). The fourth-order valence-corrected chi connectivity index (χ4v) is 3.58. The molecule has 0 aromatic heterocycles. The van der Waals surface area contributed by atoms with E-state index >= 15 is 0 Å². The Hall–Kier alpha value is -2.54. The SMILES string of the molecule is CCN(CC)c1ccc(/C=N/NC(=O)COc2c(C)cc(Br)cc2C)c(O)c1. The van der Waals surface area contributed by atoms with Crippen LogP contribution in [0.25, 0.3) is 0 Å². The van der Waals surface area contributed by atoms with Gasteiger partial charge in [0, 0.05) is 34.9 Å². The van der Waals surface area contributed by atoms with Crippen molar-refractivity contribution in [1.29, 1.82) is 0 Å². The number of carbonyl (C=O) groups is 1. The van der Waals surface area contributed by atoms with Gasteiger partial charge in [-0.25, -0.2) is 5.43 Å². The van der Waals surface area contributed by atoms with Gasteiger partial charge in [0.2, 0.25) is 0 Å². The summed E-state index contributed by atoms with van der Waals surface area (Å²) in [6, 6.07) is 9.24. The fourth-order valence-electron chi connectivity index (χ4n) is 2.90. The summed E-state index contributed by atoms with van der Waals surface area (Å²) >= 11 is 3.43.